The maximum absolute atomic E-state index is 12.5. The van der Waals surface area contributed by atoms with Crippen LogP contribution in [0.4, 0.5) is 0 Å². The lowest BCUT2D eigenvalue weighted by Gasteiger charge is -2.29. The summed E-state index contributed by atoms with van der Waals surface area (Å²) in [6.07, 6.45) is 3.32. The summed E-state index contributed by atoms with van der Waals surface area (Å²) in [5.74, 6) is 0.253. The number of hydrogen-bond donors (Lipinski definition) is 1. The molecule has 1 aliphatic rings. The lowest BCUT2D eigenvalue weighted by molar-refractivity contribution is -0.134. The summed E-state index contributed by atoms with van der Waals surface area (Å²) in [5.41, 5.74) is 2.46. The molecular formula is C16H24N2O. The SMILES string of the molecule is CCN(Cc1cccc(C)c1)C(=O)[C@@H]1CCCCN1. The molecule has 1 atom stereocenters. The van der Waals surface area contributed by atoms with E-state index in [4.69, 9.17) is 0 Å². The molecule has 0 aromatic heterocycles. The van der Waals surface area contributed by atoms with Gasteiger partial charge in [-0.3, -0.25) is 4.79 Å². The Kier molecular flexibility index (Phi) is 4.97. The highest BCUT2D eigenvalue weighted by Gasteiger charge is 2.24. The summed E-state index contributed by atoms with van der Waals surface area (Å²) in [6, 6.07) is 8.42. The standard InChI is InChI=1S/C16H24N2O/c1-3-18(12-14-8-6-7-13(2)11-14)16(19)15-9-4-5-10-17-15/h6-8,11,15,17H,3-5,9-10,12H2,1-2H3/t15-/m0/s1. The number of likely N-dealkylation sites (N-methyl/N-ethyl adjacent to an activating group) is 1. The summed E-state index contributed by atoms with van der Waals surface area (Å²) >= 11 is 0. The van der Waals surface area contributed by atoms with Gasteiger partial charge in [0.15, 0.2) is 0 Å². The highest BCUT2D eigenvalue weighted by Crippen LogP contribution is 2.13. The molecule has 3 nitrogen and oxygen atoms in total. The van der Waals surface area contributed by atoms with Gasteiger partial charge in [-0.05, 0) is 38.8 Å². The molecule has 0 bridgehead atoms. The van der Waals surface area contributed by atoms with Crippen molar-refractivity contribution in [3.05, 3.63) is 35.4 Å². The van der Waals surface area contributed by atoms with E-state index in [1.54, 1.807) is 0 Å². The average Bonchev–Trinajstić information content (AvgIpc) is 2.45. The number of rotatable bonds is 4. The molecule has 0 aliphatic carbocycles. The summed E-state index contributed by atoms with van der Waals surface area (Å²) in [7, 11) is 0. The molecule has 1 aliphatic heterocycles. The van der Waals surface area contributed by atoms with Crippen LogP contribution in [0, 0.1) is 6.92 Å². The number of amides is 1. The number of benzene rings is 1. The van der Waals surface area contributed by atoms with Crippen LogP contribution >= 0.6 is 0 Å². The van der Waals surface area contributed by atoms with Crippen LogP contribution in [-0.4, -0.2) is 29.9 Å². The van der Waals surface area contributed by atoms with E-state index in [2.05, 4.69) is 43.4 Å². The van der Waals surface area contributed by atoms with E-state index in [9.17, 15) is 4.79 Å². The third-order valence-corrected chi connectivity index (χ3v) is 3.76. The molecular weight excluding hydrogens is 236 g/mol. The molecule has 1 heterocycles. The van der Waals surface area contributed by atoms with E-state index in [0.29, 0.717) is 0 Å². The van der Waals surface area contributed by atoms with E-state index in [0.717, 1.165) is 32.5 Å². The predicted octanol–water partition coefficient (Wildman–Crippen LogP) is 2.49. The summed E-state index contributed by atoms with van der Waals surface area (Å²) < 4.78 is 0. The van der Waals surface area contributed by atoms with Gasteiger partial charge >= 0.3 is 0 Å². The number of aryl methyl sites for hydroxylation is 1. The molecule has 1 aromatic rings. The zero-order valence-corrected chi connectivity index (χ0v) is 12.0. The van der Waals surface area contributed by atoms with Crippen LogP contribution in [-0.2, 0) is 11.3 Å². The molecule has 2 rings (SSSR count). The number of piperidine rings is 1. The van der Waals surface area contributed by atoms with Gasteiger partial charge in [0.05, 0.1) is 6.04 Å². The van der Waals surface area contributed by atoms with Crippen molar-refractivity contribution in [3.8, 4) is 0 Å². The number of carbonyl (C=O) groups is 1. The van der Waals surface area contributed by atoms with Crippen molar-refractivity contribution in [3.63, 3.8) is 0 Å². The number of nitrogens with zero attached hydrogens (tertiary/aromatic N) is 1. The second-order valence-electron chi connectivity index (χ2n) is 5.34. The smallest absolute Gasteiger partial charge is 0.239 e. The summed E-state index contributed by atoms with van der Waals surface area (Å²) in [5, 5.41) is 3.34. The highest BCUT2D eigenvalue weighted by atomic mass is 16.2. The molecule has 3 heteroatoms. The van der Waals surface area contributed by atoms with Crippen molar-refractivity contribution in [2.24, 2.45) is 0 Å². The Morgan fingerprint density at radius 3 is 2.89 bits per heavy atom. The lowest BCUT2D eigenvalue weighted by Crippen LogP contribution is -2.48. The molecule has 0 unspecified atom stereocenters. The molecule has 0 radical (unpaired) electrons. The Morgan fingerprint density at radius 1 is 1.42 bits per heavy atom. The van der Waals surface area contributed by atoms with E-state index in [-0.39, 0.29) is 11.9 Å². The van der Waals surface area contributed by atoms with Gasteiger partial charge in [0.2, 0.25) is 5.91 Å². The Morgan fingerprint density at radius 2 is 2.26 bits per heavy atom. The molecule has 1 saturated heterocycles. The monoisotopic (exact) mass is 260 g/mol. The normalized spacial score (nSPS) is 19.2. The quantitative estimate of drug-likeness (QED) is 0.902. The minimum Gasteiger partial charge on any atom is -0.337 e. The topological polar surface area (TPSA) is 32.3 Å². The van der Waals surface area contributed by atoms with Gasteiger partial charge < -0.3 is 10.2 Å². The zero-order chi connectivity index (χ0) is 13.7. The molecule has 0 saturated carbocycles. The highest BCUT2D eigenvalue weighted by molar-refractivity contribution is 5.82. The van der Waals surface area contributed by atoms with Gasteiger partial charge in [0, 0.05) is 13.1 Å². The van der Waals surface area contributed by atoms with Crippen molar-refractivity contribution < 1.29 is 4.79 Å². The Balaban J connectivity index is 2.00. The van der Waals surface area contributed by atoms with Crippen molar-refractivity contribution in [2.45, 2.75) is 45.7 Å². The first kappa shape index (κ1) is 14.1. The molecule has 104 valence electrons. The first-order chi connectivity index (χ1) is 9.20. The van der Waals surface area contributed by atoms with Crippen LogP contribution in [0.1, 0.15) is 37.3 Å². The van der Waals surface area contributed by atoms with Gasteiger partial charge in [-0.2, -0.15) is 0 Å². The second-order valence-corrected chi connectivity index (χ2v) is 5.34. The molecule has 19 heavy (non-hydrogen) atoms. The number of carbonyl (C=O) groups excluding carboxylic acids is 1. The van der Waals surface area contributed by atoms with E-state index >= 15 is 0 Å². The Bertz CT molecular complexity index is 425. The zero-order valence-electron chi connectivity index (χ0n) is 12.0. The molecule has 1 amide bonds. The van der Waals surface area contributed by atoms with Crippen LogP contribution in [0.2, 0.25) is 0 Å². The largest absolute Gasteiger partial charge is 0.337 e. The van der Waals surface area contributed by atoms with Crippen molar-refractivity contribution in [1.82, 2.24) is 10.2 Å². The third-order valence-electron chi connectivity index (χ3n) is 3.76. The fraction of sp³-hybridized carbons (Fsp3) is 0.562. The van der Waals surface area contributed by atoms with Gasteiger partial charge in [-0.1, -0.05) is 36.2 Å². The van der Waals surface area contributed by atoms with Gasteiger partial charge in [0.1, 0.15) is 0 Å². The summed E-state index contributed by atoms with van der Waals surface area (Å²) in [6.45, 7) is 6.60. The number of hydrogen-bond acceptors (Lipinski definition) is 2. The minimum absolute atomic E-state index is 0.0264. The fourth-order valence-electron chi connectivity index (χ4n) is 2.66. The van der Waals surface area contributed by atoms with Crippen molar-refractivity contribution in [2.75, 3.05) is 13.1 Å². The molecule has 1 fully saturated rings. The Labute approximate surface area is 116 Å². The fourth-order valence-corrected chi connectivity index (χ4v) is 2.66. The van der Waals surface area contributed by atoms with Crippen LogP contribution in [0.3, 0.4) is 0 Å². The van der Waals surface area contributed by atoms with Crippen molar-refractivity contribution >= 4 is 5.91 Å². The second kappa shape index (κ2) is 6.71. The van der Waals surface area contributed by atoms with E-state index in [1.807, 2.05) is 4.90 Å². The lowest BCUT2D eigenvalue weighted by atomic mass is 10.0. The predicted molar refractivity (Wildman–Crippen MR) is 77.9 cm³/mol. The van der Waals surface area contributed by atoms with Gasteiger partial charge in [-0.15, -0.1) is 0 Å². The first-order valence-corrected chi connectivity index (χ1v) is 7.28. The van der Waals surface area contributed by atoms with Crippen molar-refractivity contribution in [1.29, 1.82) is 0 Å². The summed E-state index contributed by atoms with van der Waals surface area (Å²) in [4.78, 5) is 14.4. The van der Waals surface area contributed by atoms with Crippen LogP contribution in [0.15, 0.2) is 24.3 Å². The van der Waals surface area contributed by atoms with Crippen LogP contribution in [0.25, 0.3) is 0 Å². The average molecular weight is 260 g/mol. The first-order valence-electron chi connectivity index (χ1n) is 7.28. The minimum atomic E-state index is 0.0264. The third kappa shape index (κ3) is 3.80. The van der Waals surface area contributed by atoms with E-state index in [1.165, 1.54) is 17.5 Å². The Hall–Kier alpha value is -1.35. The van der Waals surface area contributed by atoms with E-state index < -0.39 is 0 Å². The maximum atomic E-state index is 12.5. The van der Waals surface area contributed by atoms with Crippen LogP contribution in [0.5, 0.6) is 0 Å². The van der Waals surface area contributed by atoms with Crippen LogP contribution < -0.4 is 5.32 Å². The molecule has 0 spiro atoms. The van der Waals surface area contributed by atoms with Gasteiger partial charge in [-0.25, -0.2) is 0 Å². The number of nitrogens with one attached hydrogen (secondary N) is 1. The molecule has 1 aromatic carbocycles. The molecule has 1 N–H and O–H groups in total. The maximum Gasteiger partial charge on any atom is 0.239 e. The van der Waals surface area contributed by atoms with Gasteiger partial charge in [0.25, 0.3) is 0 Å².